The van der Waals surface area contributed by atoms with E-state index < -0.39 is 17.5 Å². The summed E-state index contributed by atoms with van der Waals surface area (Å²) in [7, 11) is 0. The molecule has 3 aliphatic rings. The molecule has 2 saturated heterocycles. The van der Waals surface area contributed by atoms with Crippen molar-refractivity contribution in [2.24, 2.45) is 5.92 Å². The topological polar surface area (TPSA) is 78.7 Å². The Labute approximate surface area is 197 Å². The maximum absolute atomic E-state index is 14.1. The van der Waals surface area contributed by atoms with Gasteiger partial charge in [-0.15, -0.1) is 0 Å². The summed E-state index contributed by atoms with van der Waals surface area (Å²) in [6, 6.07) is 4.67. The molecule has 7 nitrogen and oxygen atoms in total. The zero-order valence-corrected chi connectivity index (χ0v) is 19.1. The van der Waals surface area contributed by atoms with Crippen LogP contribution in [0.5, 0.6) is 0 Å². The highest BCUT2D eigenvalue weighted by molar-refractivity contribution is 5.94. The van der Waals surface area contributed by atoms with Crippen molar-refractivity contribution in [2.45, 2.75) is 57.0 Å². The van der Waals surface area contributed by atoms with Gasteiger partial charge in [0.2, 0.25) is 5.91 Å². The second kappa shape index (κ2) is 9.82. The fourth-order valence-corrected chi connectivity index (χ4v) is 5.39. The first-order valence-corrected chi connectivity index (χ1v) is 12.3. The summed E-state index contributed by atoms with van der Waals surface area (Å²) in [6.45, 7) is 3.03. The molecule has 182 valence electrons. The maximum Gasteiger partial charge on any atom is 0.273 e. The molecule has 9 heteroatoms. The smallest absolute Gasteiger partial charge is 0.273 e. The minimum absolute atomic E-state index is 0.00332. The first-order valence-electron chi connectivity index (χ1n) is 12.3. The van der Waals surface area contributed by atoms with Crippen LogP contribution in [0.2, 0.25) is 0 Å². The molecule has 0 bridgehead atoms. The van der Waals surface area contributed by atoms with Crippen LogP contribution in [0.3, 0.4) is 0 Å². The standard InChI is InChI=1S/C25H30F2N4O3/c26-16-7-8-18(20(27)13-16)23-14-22(29-34-23)24(32)28-21-9-12-31(17-5-2-1-3-6-17)15-19(21)25(33)30-10-4-11-30/h7-8,13-14,17,19,21H,1-6,9-12,15H2,(H,28,32)/t19-,21-/m1/s1. The number of amides is 2. The van der Waals surface area contributed by atoms with Crippen molar-refractivity contribution < 1.29 is 22.9 Å². The minimum atomic E-state index is -0.793. The second-order valence-corrected chi connectivity index (χ2v) is 9.64. The van der Waals surface area contributed by atoms with Gasteiger partial charge in [-0.25, -0.2) is 8.78 Å². The highest BCUT2D eigenvalue weighted by Gasteiger charge is 2.40. The second-order valence-electron chi connectivity index (χ2n) is 9.64. The Morgan fingerprint density at radius 1 is 1.00 bits per heavy atom. The van der Waals surface area contributed by atoms with Gasteiger partial charge in [0.15, 0.2) is 11.5 Å². The van der Waals surface area contributed by atoms with Gasteiger partial charge in [-0.2, -0.15) is 0 Å². The van der Waals surface area contributed by atoms with E-state index >= 15 is 0 Å². The molecule has 2 amide bonds. The van der Waals surface area contributed by atoms with E-state index in [-0.39, 0.29) is 34.9 Å². The molecule has 2 aromatic rings. The van der Waals surface area contributed by atoms with E-state index in [9.17, 15) is 18.4 Å². The molecule has 3 heterocycles. The Hall–Kier alpha value is -2.81. The van der Waals surface area contributed by atoms with Crippen LogP contribution in [0.25, 0.3) is 11.3 Å². The predicted molar refractivity (Wildman–Crippen MR) is 121 cm³/mol. The monoisotopic (exact) mass is 472 g/mol. The Morgan fingerprint density at radius 3 is 2.50 bits per heavy atom. The number of nitrogens with one attached hydrogen (secondary N) is 1. The van der Waals surface area contributed by atoms with Crippen molar-refractivity contribution in [3.8, 4) is 11.3 Å². The fourth-order valence-electron chi connectivity index (χ4n) is 5.39. The van der Waals surface area contributed by atoms with Gasteiger partial charge in [0.1, 0.15) is 11.6 Å². The molecule has 2 aliphatic heterocycles. The molecule has 1 aromatic heterocycles. The van der Waals surface area contributed by atoms with Crippen LogP contribution in [0, 0.1) is 17.6 Å². The van der Waals surface area contributed by atoms with Crippen molar-refractivity contribution >= 4 is 11.8 Å². The molecule has 1 aliphatic carbocycles. The van der Waals surface area contributed by atoms with Crippen LogP contribution in [0.1, 0.15) is 55.4 Å². The quantitative estimate of drug-likeness (QED) is 0.720. The van der Waals surface area contributed by atoms with Gasteiger partial charge in [-0.05, 0) is 37.8 Å². The van der Waals surface area contributed by atoms with Crippen molar-refractivity contribution in [1.29, 1.82) is 0 Å². The summed E-state index contributed by atoms with van der Waals surface area (Å²) in [6.07, 6.45) is 7.78. The van der Waals surface area contributed by atoms with E-state index in [1.54, 1.807) is 0 Å². The zero-order chi connectivity index (χ0) is 23.7. The summed E-state index contributed by atoms with van der Waals surface area (Å²) >= 11 is 0. The summed E-state index contributed by atoms with van der Waals surface area (Å²) in [5, 5.41) is 6.78. The van der Waals surface area contributed by atoms with Gasteiger partial charge < -0.3 is 14.7 Å². The average Bonchev–Trinajstić information content (AvgIpc) is 3.29. The van der Waals surface area contributed by atoms with Crippen LogP contribution in [0.4, 0.5) is 8.78 Å². The first-order chi connectivity index (χ1) is 16.5. The summed E-state index contributed by atoms with van der Waals surface area (Å²) in [5.41, 5.74) is 0.0307. The van der Waals surface area contributed by atoms with Gasteiger partial charge in [0, 0.05) is 50.4 Å². The van der Waals surface area contributed by atoms with Crippen molar-refractivity contribution in [2.75, 3.05) is 26.2 Å². The molecule has 0 spiro atoms. The third kappa shape index (κ3) is 4.71. The summed E-state index contributed by atoms with van der Waals surface area (Å²) in [4.78, 5) is 30.5. The summed E-state index contributed by atoms with van der Waals surface area (Å²) in [5.74, 6) is -2.11. The lowest BCUT2D eigenvalue weighted by molar-refractivity contribution is -0.142. The van der Waals surface area contributed by atoms with E-state index in [0.29, 0.717) is 19.0 Å². The third-order valence-electron chi connectivity index (χ3n) is 7.48. The molecule has 5 rings (SSSR count). The minimum Gasteiger partial charge on any atom is -0.355 e. The Balaban J connectivity index is 1.29. The van der Waals surface area contributed by atoms with Gasteiger partial charge in [0.25, 0.3) is 5.91 Å². The number of piperidine rings is 1. The first kappa shape index (κ1) is 23.0. The van der Waals surface area contributed by atoms with Gasteiger partial charge in [-0.3, -0.25) is 14.5 Å². The van der Waals surface area contributed by atoms with Crippen LogP contribution >= 0.6 is 0 Å². The van der Waals surface area contributed by atoms with Crippen molar-refractivity contribution in [3.63, 3.8) is 0 Å². The number of halogens is 2. The van der Waals surface area contributed by atoms with E-state index in [1.807, 2.05) is 4.90 Å². The zero-order valence-electron chi connectivity index (χ0n) is 19.1. The molecule has 2 atom stereocenters. The van der Waals surface area contributed by atoms with Crippen molar-refractivity contribution in [1.82, 2.24) is 20.3 Å². The molecule has 1 saturated carbocycles. The average molecular weight is 473 g/mol. The van der Waals surface area contributed by atoms with E-state index in [2.05, 4.69) is 15.4 Å². The number of benzene rings is 1. The molecule has 1 aromatic carbocycles. The van der Waals surface area contributed by atoms with Crippen LogP contribution in [-0.2, 0) is 4.79 Å². The van der Waals surface area contributed by atoms with Crippen LogP contribution < -0.4 is 5.32 Å². The number of likely N-dealkylation sites (tertiary alicyclic amines) is 2. The Bertz CT molecular complexity index is 1050. The number of hydrogen-bond donors (Lipinski definition) is 1. The number of aromatic nitrogens is 1. The normalized spacial score (nSPS) is 24.0. The fraction of sp³-hybridized carbons (Fsp3) is 0.560. The number of nitrogens with zero attached hydrogens (tertiary/aromatic N) is 3. The van der Waals surface area contributed by atoms with Crippen LogP contribution in [0.15, 0.2) is 28.8 Å². The molecular formula is C25H30F2N4O3. The number of carbonyl (C=O) groups excluding carboxylic acids is 2. The number of hydrogen-bond acceptors (Lipinski definition) is 5. The van der Waals surface area contributed by atoms with E-state index in [1.165, 1.54) is 44.2 Å². The van der Waals surface area contributed by atoms with Crippen molar-refractivity contribution in [3.05, 3.63) is 41.6 Å². The van der Waals surface area contributed by atoms with Gasteiger partial charge >= 0.3 is 0 Å². The van der Waals surface area contributed by atoms with Gasteiger partial charge in [-0.1, -0.05) is 24.4 Å². The number of carbonyl (C=O) groups is 2. The SMILES string of the molecule is O=C(N[C@@H]1CCN(C2CCCCC2)C[C@H]1C(=O)N1CCC1)c1cc(-c2ccc(F)cc2F)on1. The Kier molecular flexibility index (Phi) is 6.63. The maximum atomic E-state index is 14.1. The molecular weight excluding hydrogens is 442 g/mol. The molecule has 3 fully saturated rings. The highest BCUT2D eigenvalue weighted by Crippen LogP contribution is 2.30. The van der Waals surface area contributed by atoms with E-state index in [0.717, 1.165) is 38.2 Å². The summed E-state index contributed by atoms with van der Waals surface area (Å²) < 4.78 is 32.5. The number of rotatable bonds is 5. The largest absolute Gasteiger partial charge is 0.355 e. The lowest BCUT2D eigenvalue weighted by atomic mass is 9.86. The molecule has 34 heavy (non-hydrogen) atoms. The molecule has 0 radical (unpaired) electrons. The highest BCUT2D eigenvalue weighted by atomic mass is 19.1. The molecule has 0 unspecified atom stereocenters. The van der Waals surface area contributed by atoms with Gasteiger partial charge in [0.05, 0.1) is 11.5 Å². The third-order valence-corrected chi connectivity index (χ3v) is 7.48. The lowest BCUT2D eigenvalue weighted by Gasteiger charge is -2.45. The Morgan fingerprint density at radius 2 is 1.79 bits per heavy atom. The predicted octanol–water partition coefficient (Wildman–Crippen LogP) is 3.61. The molecule has 1 N–H and O–H groups in total. The lowest BCUT2D eigenvalue weighted by Crippen LogP contribution is -2.59. The van der Waals surface area contributed by atoms with Crippen LogP contribution in [-0.4, -0.2) is 65.0 Å². The van der Waals surface area contributed by atoms with E-state index in [4.69, 9.17) is 4.52 Å².